The van der Waals surface area contributed by atoms with Gasteiger partial charge in [-0.15, -0.1) is 11.3 Å². The van der Waals surface area contributed by atoms with E-state index in [1.807, 2.05) is 36.0 Å². The number of aryl methyl sites for hydroxylation is 1. The summed E-state index contributed by atoms with van der Waals surface area (Å²) in [6, 6.07) is 9.89. The van der Waals surface area contributed by atoms with Crippen LogP contribution in [0.5, 0.6) is 11.6 Å². The van der Waals surface area contributed by atoms with E-state index in [0.29, 0.717) is 12.4 Å². The van der Waals surface area contributed by atoms with Crippen LogP contribution in [0.1, 0.15) is 16.0 Å². The zero-order valence-corrected chi connectivity index (χ0v) is 13.4. The van der Waals surface area contributed by atoms with Crippen molar-refractivity contribution in [1.82, 2.24) is 9.97 Å². The summed E-state index contributed by atoms with van der Waals surface area (Å²) in [5.74, 6) is 1.42. The Morgan fingerprint density at radius 2 is 2.09 bits per heavy atom. The number of hydrogen-bond donors (Lipinski definition) is 1. The van der Waals surface area contributed by atoms with Crippen molar-refractivity contribution < 1.29 is 4.74 Å². The number of ether oxygens (including phenoxy) is 1. The van der Waals surface area contributed by atoms with Gasteiger partial charge in [0.25, 0.3) is 0 Å². The monoisotopic (exact) mass is 311 g/mol. The van der Waals surface area contributed by atoms with E-state index < -0.39 is 0 Å². The van der Waals surface area contributed by atoms with Crippen molar-refractivity contribution >= 4 is 17.0 Å². The number of thiazole rings is 1. The molecule has 2 heterocycles. The largest absolute Gasteiger partial charge is 0.437 e. The highest BCUT2D eigenvalue weighted by Gasteiger charge is 2.09. The minimum atomic E-state index is 0.584. The molecular formula is C17H17N3OS. The lowest BCUT2D eigenvalue weighted by Gasteiger charge is -2.13. The smallest absolute Gasteiger partial charge is 0.242 e. The molecule has 3 aromatic rings. The van der Waals surface area contributed by atoms with E-state index in [9.17, 15) is 0 Å². The van der Waals surface area contributed by atoms with E-state index in [2.05, 4.69) is 35.2 Å². The average molecular weight is 311 g/mol. The van der Waals surface area contributed by atoms with Gasteiger partial charge in [0.2, 0.25) is 5.88 Å². The fourth-order valence-corrected chi connectivity index (χ4v) is 2.59. The predicted molar refractivity (Wildman–Crippen MR) is 89.7 cm³/mol. The zero-order valence-electron chi connectivity index (χ0n) is 12.5. The second-order valence-corrected chi connectivity index (χ2v) is 5.95. The molecule has 22 heavy (non-hydrogen) atoms. The molecule has 112 valence electrons. The van der Waals surface area contributed by atoms with Crippen molar-refractivity contribution in [2.24, 2.45) is 0 Å². The molecule has 0 saturated heterocycles. The standard InChI is InChI=1S/C17H17N3OS/c1-12-5-3-7-16(13(12)2)21-17-15(6-4-8-19-17)20-10-14-9-18-11-22-14/h3-9,11,20H,10H2,1-2H3. The summed E-state index contributed by atoms with van der Waals surface area (Å²) in [4.78, 5) is 9.59. The Morgan fingerprint density at radius 3 is 2.91 bits per heavy atom. The first-order chi connectivity index (χ1) is 10.7. The van der Waals surface area contributed by atoms with Crippen LogP contribution in [0.3, 0.4) is 0 Å². The van der Waals surface area contributed by atoms with Gasteiger partial charge in [-0.25, -0.2) is 4.98 Å². The van der Waals surface area contributed by atoms with Crippen molar-refractivity contribution in [1.29, 1.82) is 0 Å². The summed E-state index contributed by atoms with van der Waals surface area (Å²) in [7, 11) is 0. The van der Waals surface area contributed by atoms with Crippen molar-refractivity contribution in [2.45, 2.75) is 20.4 Å². The molecule has 0 aliphatic rings. The van der Waals surface area contributed by atoms with Gasteiger partial charge in [-0.1, -0.05) is 12.1 Å². The molecule has 0 aliphatic heterocycles. The van der Waals surface area contributed by atoms with Crippen LogP contribution in [-0.4, -0.2) is 9.97 Å². The Balaban J connectivity index is 1.80. The van der Waals surface area contributed by atoms with Gasteiger partial charge in [-0.3, -0.25) is 4.98 Å². The molecule has 0 spiro atoms. The third-order valence-electron chi connectivity index (χ3n) is 3.47. The van der Waals surface area contributed by atoms with Crippen LogP contribution in [0.15, 0.2) is 48.2 Å². The number of pyridine rings is 1. The van der Waals surface area contributed by atoms with E-state index >= 15 is 0 Å². The molecule has 3 rings (SSSR count). The first kappa shape index (κ1) is 14.5. The van der Waals surface area contributed by atoms with Gasteiger partial charge in [0.1, 0.15) is 5.75 Å². The van der Waals surface area contributed by atoms with Crippen LogP contribution < -0.4 is 10.1 Å². The molecule has 0 unspecified atom stereocenters. The third-order valence-corrected chi connectivity index (χ3v) is 4.25. The molecule has 0 radical (unpaired) electrons. The number of rotatable bonds is 5. The van der Waals surface area contributed by atoms with Gasteiger partial charge < -0.3 is 10.1 Å². The topological polar surface area (TPSA) is 47.0 Å². The van der Waals surface area contributed by atoms with Crippen LogP contribution in [0.4, 0.5) is 5.69 Å². The Kier molecular flexibility index (Phi) is 4.34. The molecular weight excluding hydrogens is 294 g/mol. The van der Waals surface area contributed by atoms with Crippen LogP contribution in [0, 0.1) is 13.8 Å². The summed E-state index contributed by atoms with van der Waals surface area (Å²) in [6.45, 7) is 4.83. The lowest BCUT2D eigenvalue weighted by atomic mass is 10.1. The number of nitrogens with one attached hydrogen (secondary N) is 1. The predicted octanol–water partition coefficient (Wildman–Crippen LogP) is 4.56. The first-order valence-corrected chi connectivity index (χ1v) is 7.92. The minimum Gasteiger partial charge on any atom is -0.437 e. The first-order valence-electron chi connectivity index (χ1n) is 7.04. The second kappa shape index (κ2) is 6.58. The lowest BCUT2D eigenvalue weighted by molar-refractivity contribution is 0.461. The van der Waals surface area contributed by atoms with Crippen LogP contribution in [0.25, 0.3) is 0 Å². The molecule has 0 saturated carbocycles. The minimum absolute atomic E-state index is 0.584. The number of anilines is 1. The van der Waals surface area contributed by atoms with Gasteiger partial charge in [0.05, 0.1) is 17.7 Å². The molecule has 1 N–H and O–H groups in total. The lowest BCUT2D eigenvalue weighted by Crippen LogP contribution is -2.01. The van der Waals surface area contributed by atoms with Crippen molar-refractivity contribution in [3.63, 3.8) is 0 Å². The summed E-state index contributed by atoms with van der Waals surface area (Å²) in [5.41, 5.74) is 5.03. The quantitative estimate of drug-likeness (QED) is 0.750. The van der Waals surface area contributed by atoms with Gasteiger partial charge >= 0.3 is 0 Å². The van der Waals surface area contributed by atoms with Crippen LogP contribution >= 0.6 is 11.3 Å². The maximum atomic E-state index is 6.01. The fourth-order valence-electron chi connectivity index (χ4n) is 2.06. The maximum absolute atomic E-state index is 6.01. The number of aromatic nitrogens is 2. The number of hydrogen-bond acceptors (Lipinski definition) is 5. The molecule has 1 aromatic carbocycles. The van der Waals surface area contributed by atoms with Crippen molar-refractivity contribution in [2.75, 3.05) is 5.32 Å². The summed E-state index contributed by atoms with van der Waals surface area (Å²) in [5, 5.41) is 3.35. The Morgan fingerprint density at radius 1 is 1.18 bits per heavy atom. The molecule has 0 aliphatic carbocycles. The van der Waals surface area contributed by atoms with Gasteiger partial charge in [-0.05, 0) is 43.2 Å². The maximum Gasteiger partial charge on any atom is 0.242 e. The Labute approximate surface area is 133 Å². The summed E-state index contributed by atoms with van der Waals surface area (Å²) < 4.78 is 6.01. The number of benzene rings is 1. The van der Waals surface area contributed by atoms with E-state index in [-0.39, 0.29) is 0 Å². The van der Waals surface area contributed by atoms with Crippen LogP contribution in [0.2, 0.25) is 0 Å². The molecule has 5 heteroatoms. The highest BCUT2D eigenvalue weighted by Crippen LogP contribution is 2.30. The zero-order chi connectivity index (χ0) is 15.4. The number of nitrogens with zero attached hydrogens (tertiary/aromatic N) is 2. The highest BCUT2D eigenvalue weighted by atomic mass is 32.1. The second-order valence-electron chi connectivity index (χ2n) is 4.98. The van der Waals surface area contributed by atoms with Crippen molar-refractivity contribution in [3.8, 4) is 11.6 Å². The molecule has 4 nitrogen and oxygen atoms in total. The normalized spacial score (nSPS) is 10.5. The fraction of sp³-hybridized carbons (Fsp3) is 0.176. The highest BCUT2D eigenvalue weighted by molar-refractivity contribution is 7.09. The Hall–Kier alpha value is -2.40. The molecule has 2 aromatic heterocycles. The van der Waals surface area contributed by atoms with Crippen molar-refractivity contribution in [3.05, 3.63) is 64.2 Å². The molecule has 0 fully saturated rings. The van der Waals surface area contributed by atoms with E-state index in [1.54, 1.807) is 17.5 Å². The van der Waals surface area contributed by atoms with E-state index in [4.69, 9.17) is 4.74 Å². The molecule has 0 atom stereocenters. The van der Waals surface area contributed by atoms with Gasteiger partial charge in [0.15, 0.2) is 0 Å². The van der Waals surface area contributed by atoms with Crippen LogP contribution in [-0.2, 0) is 6.54 Å². The van der Waals surface area contributed by atoms with Gasteiger partial charge in [0, 0.05) is 17.3 Å². The molecule has 0 bridgehead atoms. The SMILES string of the molecule is Cc1cccc(Oc2ncccc2NCc2cncs2)c1C. The van der Waals surface area contributed by atoms with E-state index in [0.717, 1.165) is 17.0 Å². The molecule has 0 amide bonds. The van der Waals surface area contributed by atoms with E-state index in [1.165, 1.54) is 10.4 Å². The summed E-state index contributed by atoms with van der Waals surface area (Å²) in [6.07, 6.45) is 3.59. The average Bonchev–Trinajstić information content (AvgIpc) is 3.04. The third kappa shape index (κ3) is 3.26. The Bertz CT molecular complexity index is 756. The summed E-state index contributed by atoms with van der Waals surface area (Å²) >= 11 is 1.62. The van der Waals surface area contributed by atoms with Gasteiger partial charge in [-0.2, -0.15) is 0 Å².